The standard InChI is InChI=1S/C11H21N3O/c1-5-9(15)14-8-6-11(4,12)13-7-10(8,2)3/h5,8,13H,1,6-7,12H2,2-4H3,(H,14,15). The molecule has 0 radical (unpaired) electrons. The Kier molecular flexibility index (Phi) is 3.21. The Labute approximate surface area is 91.3 Å². The summed E-state index contributed by atoms with van der Waals surface area (Å²) in [5.74, 6) is -0.134. The Balaban J connectivity index is 2.73. The minimum atomic E-state index is -0.408. The molecule has 0 bridgehead atoms. The summed E-state index contributed by atoms with van der Waals surface area (Å²) in [6.45, 7) is 10.4. The third-order valence-corrected chi connectivity index (χ3v) is 3.02. The minimum Gasteiger partial charge on any atom is -0.349 e. The average Bonchev–Trinajstić information content (AvgIpc) is 2.12. The predicted molar refractivity (Wildman–Crippen MR) is 61.1 cm³/mol. The van der Waals surface area contributed by atoms with Gasteiger partial charge in [-0.15, -0.1) is 0 Å². The fraction of sp³-hybridized carbons (Fsp3) is 0.727. The summed E-state index contributed by atoms with van der Waals surface area (Å²) in [5, 5.41) is 6.21. The van der Waals surface area contributed by atoms with Crippen LogP contribution in [0.1, 0.15) is 27.2 Å². The number of hydrogen-bond acceptors (Lipinski definition) is 3. The summed E-state index contributed by atoms with van der Waals surface area (Å²) in [7, 11) is 0. The number of carbonyl (C=O) groups excluding carboxylic acids is 1. The zero-order valence-electron chi connectivity index (χ0n) is 9.76. The molecule has 1 fully saturated rings. The van der Waals surface area contributed by atoms with Crippen LogP contribution in [0.5, 0.6) is 0 Å². The lowest BCUT2D eigenvalue weighted by atomic mass is 9.76. The molecule has 1 aliphatic heterocycles. The molecule has 0 aromatic rings. The number of nitrogens with one attached hydrogen (secondary N) is 2. The van der Waals surface area contributed by atoms with Gasteiger partial charge in [0, 0.05) is 12.6 Å². The molecule has 4 N–H and O–H groups in total. The van der Waals surface area contributed by atoms with E-state index in [2.05, 4.69) is 31.1 Å². The molecule has 1 amide bonds. The van der Waals surface area contributed by atoms with Crippen LogP contribution in [-0.2, 0) is 4.79 Å². The summed E-state index contributed by atoms with van der Waals surface area (Å²) in [5.41, 5.74) is 5.62. The Morgan fingerprint density at radius 3 is 2.73 bits per heavy atom. The summed E-state index contributed by atoms with van der Waals surface area (Å²) < 4.78 is 0. The molecule has 2 unspecified atom stereocenters. The molecule has 86 valence electrons. The van der Waals surface area contributed by atoms with E-state index in [-0.39, 0.29) is 17.4 Å². The highest BCUT2D eigenvalue weighted by atomic mass is 16.1. The molecule has 1 heterocycles. The van der Waals surface area contributed by atoms with E-state index in [4.69, 9.17) is 5.73 Å². The summed E-state index contributed by atoms with van der Waals surface area (Å²) in [6, 6.07) is 0.0826. The normalized spacial score (nSPS) is 34.5. The van der Waals surface area contributed by atoms with Gasteiger partial charge in [-0.05, 0) is 24.8 Å². The van der Waals surface area contributed by atoms with Gasteiger partial charge in [-0.1, -0.05) is 20.4 Å². The highest BCUT2D eigenvalue weighted by Gasteiger charge is 2.40. The molecule has 4 nitrogen and oxygen atoms in total. The van der Waals surface area contributed by atoms with Gasteiger partial charge in [0.2, 0.25) is 5.91 Å². The third kappa shape index (κ3) is 3.04. The lowest BCUT2D eigenvalue weighted by molar-refractivity contribution is -0.118. The van der Waals surface area contributed by atoms with Gasteiger partial charge in [-0.3, -0.25) is 10.1 Å². The Hall–Kier alpha value is -0.870. The second-order valence-corrected chi connectivity index (χ2v) is 5.23. The quantitative estimate of drug-likeness (QED) is 0.577. The number of nitrogens with two attached hydrogens (primary N) is 1. The Morgan fingerprint density at radius 1 is 1.60 bits per heavy atom. The van der Waals surface area contributed by atoms with Crippen molar-refractivity contribution in [2.24, 2.45) is 11.1 Å². The topological polar surface area (TPSA) is 67.2 Å². The van der Waals surface area contributed by atoms with Gasteiger partial charge >= 0.3 is 0 Å². The molecule has 0 aromatic carbocycles. The molecule has 1 aliphatic rings. The highest BCUT2D eigenvalue weighted by Crippen LogP contribution is 2.29. The molecule has 4 heteroatoms. The minimum absolute atomic E-state index is 0.0115. The van der Waals surface area contributed by atoms with Crippen molar-refractivity contribution in [3.8, 4) is 0 Å². The number of rotatable bonds is 2. The SMILES string of the molecule is C=CC(=O)NC1CC(C)(N)NCC1(C)C. The predicted octanol–water partition coefficient (Wildman–Crippen LogP) is 0.352. The van der Waals surface area contributed by atoms with Crippen LogP contribution in [0.4, 0.5) is 0 Å². The fourth-order valence-corrected chi connectivity index (χ4v) is 1.80. The monoisotopic (exact) mass is 211 g/mol. The van der Waals surface area contributed by atoms with Gasteiger partial charge in [0.1, 0.15) is 0 Å². The first-order valence-electron chi connectivity index (χ1n) is 5.24. The Bertz CT molecular complexity index is 271. The molecule has 0 saturated carbocycles. The zero-order valence-corrected chi connectivity index (χ0v) is 9.76. The number of piperidine rings is 1. The molecule has 0 aromatic heterocycles. The van der Waals surface area contributed by atoms with Crippen LogP contribution in [0.15, 0.2) is 12.7 Å². The van der Waals surface area contributed by atoms with E-state index >= 15 is 0 Å². The van der Waals surface area contributed by atoms with E-state index in [0.717, 1.165) is 13.0 Å². The van der Waals surface area contributed by atoms with E-state index in [1.54, 1.807) is 0 Å². The first-order valence-corrected chi connectivity index (χ1v) is 5.24. The zero-order chi connectivity index (χ0) is 11.7. The van der Waals surface area contributed by atoms with Crippen molar-refractivity contribution in [2.75, 3.05) is 6.54 Å². The third-order valence-electron chi connectivity index (χ3n) is 3.02. The van der Waals surface area contributed by atoms with E-state index < -0.39 is 5.66 Å². The van der Waals surface area contributed by atoms with E-state index in [1.165, 1.54) is 6.08 Å². The van der Waals surface area contributed by atoms with Crippen LogP contribution in [-0.4, -0.2) is 24.2 Å². The largest absolute Gasteiger partial charge is 0.349 e. The summed E-state index contributed by atoms with van der Waals surface area (Å²) in [6.07, 6.45) is 2.02. The Morgan fingerprint density at radius 2 is 2.20 bits per heavy atom. The smallest absolute Gasteiger partial charge is 0.243 e. The van der Waals surface area contributed by atoms with Crippen molar-refractivity contribution in [3.05, 3.63) is 12.7 Å². The van der Waals surface area contributed by atoms with Crippen LogP contribution in [0.3, 0.4) is 0 Å². The van der Waals surface area contributed by atoms with Crippen molar-refractivity contribution in [1.82, 2.24) is 10.6 Å². The van der Waals surface area contributed by atoms with Crippen molar-refractivity contribution in [3.63, 3.8) is 0 Å². The molecule has 0 aliphatic carbocycles. The van der Waals surface area contributed by atoms with Crippen molar-refractivity contribution in [2.45, 2.75) is 38.9 Å². The second kappa shape index (κ2) is 3.94. The van der Waals surface area contributed by atoms with Gasteiger partial charge in [0.15, 0.2) is 0 Å². The van der Waals surface area contributed by atoms with Gasteiger partial charge in [-0.25, -0.2) is 0 Å². The maximum absolute atomic E-state index is 11.3. The number of carbonyl (C=O) groups is 1. The first kappa shape index (κ1) is 12.2. The summed E-state index contributed by atoms with van der Waals surface area (Å²) in [4.78, 5) is 11.3. The van der Waals surface area contributed by atoms with Crippen LogP contribution in [0.2, 0.25) is 0 Å². The molecule has 1 saturated heterocycles. The molecular formula is C11H21N3O. The van der Waals surface area contributed by atoms with E-state index in [9.17, 15) is 4.79 Å². The maximum atomic E-state index is 11.3. The number of amides is 1. The van der Waals surface area contributed by atoms with E-state index in [0.29, 0.717) is 0 Å². The molecule has 15 heavy (non-hydrogen) atoms. The highest BCUT2D eigenvalue weighted by molar-refractivity contribution is 5.87. The lowest BCUT2D eigenvalue weighted by Gasteiger charge is -2.46. The van der Waals surface area contributed by atoms with Crippen LogP contribution >= 0.6 is 0 Å². The van der Waals surface area contributed by atoms with Crippen LogP contribution in [0, 0.1) is 5.41 Å². The number of hydrogen-bond donors (Lipinski definition) is 3. The first-order chi connectivity index (χ1) is 6.77. The van der Waals surface area contributed by atoms with Gasteiger partial charge in [0.25, 0.3) is 0 Å². The van der Waals surface area contributed by atoms with Crippen LogP contribution < -0.4 is 16.4 Å². The lowest BCUT2D eigenvalue weighted by Crippen LogP contribution is -2.66. The van der Waals surface area contributed by atoms with E-state index in [1.807, 2.05) is 6.92 Å². The van der Waals surface area contributed by atoms with Gasteiger partial charge < -0.3 is 11.1 Å². The molecule has 2 atom stereocenters. The van der Waals surface area contributed by atoms with Crippen LogP contribution in [0.25, 0.3) is 0 Å². The second-order valence-electron chi connectivity index (χ2n) is 5.23. The average molecular weight is 211 g/mol. The van der Waals surface area contributed by atoms with Crippen molar-refractivity contribution >= 4 is 5.91 Å². The molecular weight excluding hydrogens is 190 g/mol. The van der Waals surface area contributed by atoms with Crippen molar-refractivity contribution < 1.29 is 4.79 Å². The van der Waals surface area contributed by atoms with Gasteiger partial charge in [0.05, 0.1) is 5.66 Å². The molecule has 1 rings (SSSR count). The fourth-order valence-electron chi connectivity index (χ4n) is 1.80. The van der Waals surface area contributed by atoms with Gasteiger partial charge in [-0.2, -0.15) is 0 Å². The van der Waals surface area contributed by atoms with Crippen molar-refractivity contribution in [1.29, 1.82) is 0 Å². The summed E-state index contributed by atoms with van der Waals surface area (Å²) >= 11 is 0. The molecule has 0 spiro atoms. The maximum Gasteiger partial charge on any atom is 0.243 e.